The van der Waals surface area contributed by atoms with Crippen LogP contribution in [-0.2, 0) is 20.7 Å². The van der Waals surface area contributed by atoms with E-state index < -0.39 is 0 Å². The lowest BCUT2D eigenvalue weighted by Gasteiger charge is -2.10. The number of aromatic nitrogens is 1. The number of hydrogen-bond acceptors (Lipinski definition) is 5. The van der Waals surface area contributed by atoms with E-state index in [-0.39, 0.29) is 24.2 Å². The average Bonchev–Trinajstić information content (AvgIpc) is 3.35. The van der Waals surface area contributed by atoms with Crippen LogP contribution in [0, 0.1) is 5.82 Å². The van der Waals surface area contributed by atoms with Crippen molar-refractivity contribution in [2.45, 2.75) is 38.2 Å². The zero-order valence-electron chi connectivity index (χ0n) is 15.3. The van der Waals surface area contributed by atoms with E-state index in [0.29, 0.717) is 43.4 Å². The molecule has 1 unspecified atom stereocenters. The lowest BCUT2D eigenvalue weighted by molar-refractivity contribution is -0.121. The van der Waals surface area contributed by atoms with Crippen LogP contribution in [0.2, 0.25) is 0 Å². The van der Waals surface area contributed by atoms with Crippen LogP contribution in [0.5, 0.6) is 0 Å². The van der Waals surface area contributed by atoms with Gasteiger partial charge in [-0.2, -0.15) is 0 Å². The van der Waals surface area contributed by atoms with Gasteiger partial charge in [-0.25, -0.2) is 9.37 Å². The number of benzene rings is 1. The van der Waals surface area contributed by atoms with E-state index in [1.165, 1.54) is 12.3 Å². The lowest BCUT2D eigenvalue weighted by atomic mass is 10.2. The van der Waals surface area contributed by atoms with Crippen LogP contribution in [0.4, 0.5) is 4.39 Å². The molecule has 1 aliphatic rings. The molecule has 1 saturated heterocycles. The second kappa shape index (κ2) is 10.2. The highest BCUT2D eigenvalue weighted by molar-refractivity contribution is 5.76. The Labute approximate surface area is 158 Å². The molecule has 1 atom stereocenters. The minimum absolute atomic E-state index is 0.0697. The van der Waals surface area contributed by atoms with Crippen molar-refractivity contribution in [3.63, 3.8) is 0 Å². The molecule has 1 fully saturated rings. The summed E-state index contributed by atoms with van der Waals surface area (Å²) >= 11 is 0. The Balaban J connectivity index is 1.29. The molecule has 3 rings (SSSR count). The molecule has 2 heterocycles. The number of nitrogens with one attached hydrogen (secondary N) is 1. The summed E-state index contributed by atoms with van der Waals surface area (Å²) in [6, 6.07) is 6.36. The summed E-state index contributed by atoms with van der Waals surface area (Å²) in [5.41, 5.74) is 0.365. The topological polar surface area (TPSA) is 73.6 Å². The number of rotatable bonds is 10. The maximum absolute atomic E-state index is 13.7. The van der Waals surface area contributed by atoms with E-state index >= 15 is 0 Å². The molecule has 27 heavy (non-hydrogen) atoms. The molecule has 1 N–H and O–H groups in total. The summed E-state index contributed by atoms with van der Waals surface area (Å²) in [5, 5.41) is 2.85. The van der Waals surface area contributed by atoms with Crippen LogP contribution in [-0.4, -0.2) is 43.4 Å². The third-order valence-corrected chi connectivity index (χ3v) is 4.37. The molecule has 0 radical (unpaired) electrons. The molecule has 0 saturated carbocycles. The number of nitrogens with zero attached hydrogens (tertiary/aromatic N) is 1. The highest BCUT2D eigenvalue weighted by Crippen LogP contribution is 2.23. The molecule has 0 aliphatic carbocycles. The van der Waals surface area contributed by atoms with Gasteiger partial charge in [0.05, 0.1) is 24.5 Å². The van der Waals surface area contributed by atoms with Gasteiger partial charge in [0.25, 0.3) is 0 Å². The van der Waals surface area contributed by atoms with E-state index in [9.17, 15) is 9.18 Å². The minimum atomic E-state index is -0.361. The van der Waals surface area contributed by atoms with Gasteiger partial charge in [0.15, 0.2) is 11.7 Å². The molecule has 1 aliphatic heterocycles. The van der Waals surface area contributed by atoms with E-state index in [0.717, 1.165) is 25.9 Å². The first-order valence-electron chi connectivity index (χ1n) is 9.38. The zero-order valence-corrected chi connectivity index (χ0v) is 15.3. The van der Waals surface area contributed by atoms with Crippen LogP contribution in [0.15, 0.2) is 34.9 Å². The van der Waals surface area contributed by atoms with Gasteiger partial charge in [-0.05, 0) is 31.4 Å². The molecule has 1 aromatic carbocycles. The summed E-state index contributed by atoms with van der Waals surface area (Å²) < 4.78 is 30.3. The Morgan fingerprint density at radius 1 is 1.37 bits per heavy atom. The molecule has 1 amide bonds. The van der Waals surface area contributed by atoms with Crippen LogP contribution in [0.25, 0.3) is 11.3 Å². The Hall–Kier alpha value is -2.25. The van der Waals surface area contributed by atoms with Gasteiger partial charge in [-0.1, -0.05) is 12.1 Å². The predicted octanol–water partition coefficient (Wildman–Crippen LogP) is 3.12. The molecule has 7 heteroatoms. The predicted molar refractivity (Wildman–Crippen MR) is 97.6 cm³/mol. The van der Waals surface area contributed by atoms with Gasteiger partial charge in [0.2, 0.25) is 5.91 Å². The summed E-state index contributed by atoms with van der Waals surface area (Å²) in [4.78, 5) is 16.0. The van der Waals surface area contributed by atoms with Gasteiger partial charge in [0, 0.05) is 32.6 Å². The Morgan fingerprint density at radius 3 is 3.07 bits per heavy atom. The third-order valence-electron chi connectivity index (χ3n) is 4.37. The van der Waals surface area contributed by atoms with E-state index in [2.05, 4.69) is 10.3 Å². The van der Waals surface area contributed by atoms with E-state index in [1.54, 1.807) is 18.2 Å². The maximum Gasteiger partial charge on any atom is 0.220 e. The highest BCUT2D eigenvalue weighted by Gasteiger charge is 2.15. The van der Waals surface area contributed by atoms with Crippen molar-refractivity contribution in [1.82, 2.24) is 10.3 Å². The number of carbonyl (C=O) groups excluding carboxylic acids is 1. The van der Waals surface area contributed by atoms with Crippen molar-refractivity contribution < 1.29 is 23.1 Å². The summed E-state index contributed by atoms with van der Waals surface area (Å²) in [5.74, 6) is 0.356. The third kappa shape index (κ3) is 6.15. The SMILES string of the molecule is O=C(CCc1ncc(-c2ccccc2F)o1)NCCCOCC1CCCO1. The molecule has 1 aromatic heterocycles. The fourth-order valence-electron chi connectivity index (χ4n) is 2.91. The van der Waals surface area contributed by atoms with Crippen molar-refractivity contribution in [3.05, 3.63) is 42.2 Å². The van der Waals surface area contributed by atoms with Gasteiger partial charge in [-0.3, -0.25) is 4.79 Å². The molecular weight excluding hydrogens is 351 g/mol. The number of aryl methyl sites for hydroxylation is 1. The van der Waals surface area contributed by atoms with Crippen LogP contribution in [0.3, 0.4) is 0 Å². The first kappa shape index (κ1) is 19.5. The van der Waals surface area contributed by atoms with Crippen molar-refractivity contribution in [3.8, 4) is 11.3 Å². The second-order valence-corrected chi connectivity index (χ2v) is 6.51. The number of carbonyl (C=O) groups is 1. The highest BCUT2D eigenvalue weighted by atomic mass is 19.1. The van der Waals surface area contributed by atoms with Crippen molar-refractivity contribution in [2.75, 3.05) is 26.4 Å². The largest absolute Gasteiger partial charge is 0.441 e. The Morgan fingerprint density at radius 2 is 2.26 bits per heavy atom. The normalized spacial score (nSPS) is 16.6. The second-order valence-electron chi connectivity index (χ2n) is 6.51. The van der Waals surface area contributed by atoms with Gasteiger partial charge in [0.1, 0.15) is 5.82 Å². The van der Waals surface area contributed by atoms with Crippen molar-refractivity contribution in [1.29, 1.82) is 0 Å². The zero-order chi connectivity index (χ0) is 18.9. The smallest absolute Gasteiger partial charge is 0.220 e. The van der Waals surface area contributed by atoms with Crippen molar-refractivity contribution in [2.24, 2.45) is 0 Å². The monoisotopic (exact) mass is 376 g/mol. The summed E-state index contributed by atoms with van der Waals surface area (Å²) in [6.07, 6.45) is 5.29. The summed E-state index contributed by atoms with van der Waals surface area (Å²) in [6.45, 7) is 2.63. The van der Waals surface area contributed by atoms with Gasteiger partial charge in [-0.15, -0.1) is 0 Å². The number of oxazole rings is 1. The summed E-state index contributed by atoms with van der Waals surface area (Å²) in [7, 11) is 0. The fourth-order valence-corrected chi connectivity index (χ4v) is 2.91. The minimum Gasteiger partial charge on any atom is -0.441 e. The number of ether oxygens (including phenoxy) is 2. The lowest BCUT2D eigenvalue weighted by Crippen LogP contribution is -2.26. The van der Waals surface area contributed by atoms with Gasteiger partial charge < -0.3 is 19.2 Å². The number of hydrogen-bond donors (Lipinski definition) is 1. The molecule has 2 aromatic rings. The number of amides is 1. The first-order chi connectivity index (χ1) is 13.2. The average molecular weight is 376 g/mol. The van der Waals surface area contributed by atoms with Crippen molar-refractivity contribution >= 4 is 5.91 Å². The van der Waals surface area contributed by atoms with Crippen LogP contribution < -0.4 is 5.32 Å². The Bertz CT molecular complexity index is 728. The maximum atomic E-state index is 13.7. The van der Waals surface area contributed by atoms with Gasteiger partial charge >= 0.3 is 0 Å². The Kier molecular flexibility index (Phi) is 7.36. The molecule has 6 nitrogen and oxygen atoms in total. The molecule has 0 spiro atoms. The quantitative estimate of drug-likeness (QED) is 0.645. The fraction of sp³-hybridized carbons (Fsp3) is 0.500. The van der Waals surface area contributed by atoms with Crippen LogP contribution >= 0.6 is 0 Å². The van der Waals surface area contributed by atoms with E-state index in [1.807, 2.05) is 0 Å². The van der Waals surface area contributed by atoms with Crippen LogP contribution in [0.1, 0.15) is 31.6 Å². The first-order valence-corrected chi connectivity index (χ1v) is 9.38. The standard InChI is InChI=1S/C20H25FN2O4/c21-17-7-2-1-6-16(17)18-13-23-20(27-18)9-8-19(24)22-10-4-11-25-14-15-5-3-12-26-15/h1-2,6-7,13,15H,3-5,8-12,14H2,(H,22,24). The number of halogens is 1. The van der Waals surface area contributed by atoms with E-state index in [4.69, 9.17) is 13.9 Å². The molecular formula is C20H25FN2O4. The molecule has 0 bridgehead atoms. The molecule has 146 valence electrons.